The first-order valence-corrected chi connectivity index (χ1v) is 5.81. The fraction of sp³-hybridized carbons (Fsp3) is 0.357. The van der Waals surface area contributed by atoms with Gasteiger partial charge in [-0.1, -0.05) is 0 Å². The lowest BCUT2D eigenvalue weighted by Gasteiger charge is -2.13. The van der Waals surface area contributed by atoms with E-state index in [9.17, 15) is 4.79 Å². The molecule has 104 valence electrons. The van der Waals surface area contributed by atoms with Crippen molar-refractivity contribution in [3.05, 3.63) is 23.8 Å². The summed E-state index contributed by atoms with van der Waals surface area (Å²) < 4.78 is 20.6. The molecule has 5 heteroatoms. The fourth-order valence-electron chi connectivity index (χ4n) is 1.61. The highest BCUT2D eigenvalue weighted by atomic mass is 16.5. The van der Waals surface area contributed by atoms with Gasteiger partial charge in [-0.25, -0.2) is 4.79 Å². The largest absolute Gasteiger partial charge is 0.496 e. The van der Waals surface area contributed by atoms with Crippen LogP contribution >= 0.6 is 0 Å². The summed E-state index contributed by atoms with van der Waals surface area (Å²) >= 11 is 0. The van der Waals surface area contributed by atoms with E-state index in [1.807, 2.05) is 0 Å². The summed E-state index contributed by atoms with van der Waals surface area (Å²) in [5.74, 6) is 1.22. The van der Waals surface area contributed by atoms with Crippen LogP contribution in [-0.4, -0.2) is 33.9 Å². The number of benzene rings is 1. The molecule has 0 fully saturated rings. The van der Waals surface area contributed by atoms with Crippen molar-refractivity contribution in [3.63, 3.8) is 0 Å². The van der Waals surface area contributed by atoms with Crippen LogP contribution in [0, 0.1) is 0 Å². The zero-order valence-electron chi connectivity index (χ0n) is 11.6. The highest BCUT2D eigenvalue weighted by Gasteiger charge is 2.13. The molecule has 0 atom stereocenters. The Hall–Kier alpha value is -2.17. The Bertz CT molecular complexity index is 465. The van der Waals surface area contributed by atoms with Crippen molar-refractivity contribution >= 4 is 12.0 Å². The van der Waals surface area contributed by atoms with Gasteiger partial charge in [0, 0.05) is 6.08 Å². The molecular formula is C14H18O5. The molecule has 0 spiro atoms. The molecule has 5 nitrogen and oxygen atoms in total. The molecular weight excluding hydrogens is 248 g/mol. The minimum atomic E-state index is -0.422. The number of esters is 1. The average Bonchev–Trinajstić information content (AvgIpc) is 2.44. The van der Waals surface area contributed by atoms with E-state index in [4.69, 9.17) is 18.9 Å². The molecule has 0 aromatic heterocycles. The second-order valence-corrected chi connectivity index (χ2v) is 3.50. The van der Waals surface area contributed by atoms with Gasteiger partial charge in [0.05, 0.1) is 33.5 Å². The molecule has 19 heavy (non-hydrogen) atoms. The Morgan fingerprint density at radius 1 is 1.11 bits per heavy atom. The maximum Gasteiger partial charge on any atom is 0.330 e. The van der Waals surface area contributed by atoms with Crippen LogP contribution in [0.3, 0.4) is 0 Å². The number of rotatable bonds is 6. The van der Waals surface area contributed by atoms with Crippen LogP contribution in [0.5, 0.6) is 17.2 Å². The van der Waals surface area contributed by atoms with Gasteiger partial charge in [-0.05, 0) is 25.1 Å². The Labute approximate surface area is 112 Å². The number of methoxy groups -OCH3 is 3. The van der Waals surface area contributed by atoms with Gasteiger partial charge in [0.15, 0.2) is 11.5 Å². The predicted octanol–water partition coefficient (Wildman–Crippen LogP) is 2.29. The lowest BCUT2D eigenvalue weighted by atomic mass is 10.1. The van der Waals surface area contributed by atoms with Gasteiger partial charge in [-0.2, -0.15) is 0 Å². The summed E-state index contributed by atoms with van der Waals surface area (Å²) in [6.45, 7) is 2.08. The zero-order valence-corrected chi connectivity index (χ0v) is 11.6. The molecule has 0 saturated carbocycles. The molecule has 0 aliphatic rings. The minimum Gasteiger partial charge on any atom is -0.496 e. The Balaban J connectivity index is 3.18. The van der Waals surface area contributed by atoms with E-state index in [0.717, 1.165) is 0 Å². The van der Waals surface area contributed by atoms with Crippen LogP contribution in [0.2, 0.25) is 0 Å². The van der Waals surface area contributed by atoms with Crippen molar-refractivity contribution in [2.75, 3.05) is 27.9 Å². The minimum absolute atomic E-state index is 0.329. The van der Waals surface area contributed by atoms with E-state index in [0.29, 0.717) is 29.4 Å². The first-order chi connectivity index (χ1) is 9.17. The maximum absolute atomic E-state index is 11.3. The molecule has 1 rings (SSSR count). The average molecular weight is 266 g/mol. The second kappa shape index (κ2) is 7.31. The Kier molecular flexibility index (Phi) is 5.73. The van der Waals surface area contributed by atoms with Gasteiger partial charge >= 0.3 is 5.97 Å². The van der Waals surface area contributed by atoms with Crippen LogP contribution in [0.25, 0.3) is 6.08 Å². The predicted molar refractivity (Wildman–Crippen MR) is 71.8 cm³/mol. The van der Waals surface area contributed by atoms with Crippen molar-refractivity contribution in [2.24, 2.45) is 0 Å². The third-order valence-electron chi connectivity index (χ3n) is 2.44. The third kappa shape index (κ3) is 3.64. The summed E-state index contributed by atoms with van der Waals surface area (Å²) in [6, 6.07) is 3.48. The monoisotopic (exact) mass is 266 g/mol. The summed E-state index contributed by atoms with van der Waals surface area (Å²) in [5.41, 5.74) is 0.623. The van der Waals surface area contributed by atoms with Gasteiger partial charge in [0.2, 0.25) is 0 Å². The molecule has 1 aromatic carbocycles. The molecule has 0 radical (unpaired) electrons. The number of hydrogen-bond donors (Lipinski definition) is 0. The van der Waals surface area contributed by atoms with Gasteiger partial charge in [0.1, 0.15) is 5.75 Å². The highest BCUT2D eigenvalue weighted by Crippen LogP contribution is 2.38. The first-order valence-electron chi connectivity index (χ1n) is 5.81. The summed E-state index contributed by atoms with van der Waals surface area (Å²) in [5, 5.41) is 0. The number of carbonyl (C=O) groups is 1. The summed E-state index contributed by atoms with van der Waals surface area (Å²) in [7, 11) is 4.62. The van der Waals surface area contributed by atoms with Crippen LogP contribution in [0.4, 0.5) is 0 Å². The zero-order chi connectivity index (χ0) is 14.3. The van der Waals surface area contributed by atoms with E-state index in [-0.39, 0.29) is 0 Å². The SMILES string of the molecule is CCOC(=O)/C=C/c1c(OC)ccc(OC)c1OC. The van der Waals surface area contributed by atoms with Gasteiger partial charge < -0.3 is 18.9 Å². The van der Waals surface area contributed by atoms with Crippen LogP contribution in [0.15, 0.2) is 18.2 Å². The van der Waals surface area contributed by atoms with E-state index in [1.54, 1.807) is 39.4 Å². The first kappa shape index (κ1) is 14.9. The van der Waals surface area contributed by atoms with Crippen molar-refractivity contribution in [2.45, 2.75) is 6.92 Å². The van der Waals surface area contributed by atoms with Gasteiger partial charge in [-0.3, -0.25) is 0 Å². The molecule has 0 amide bonds. The Morgan fingerprint density at radius 2 is 1.74 bits per heavy atom. The smallest absolute Gasteiger partial charge is 0.330 e. The molecule has 0 unspecified atom stereocenters. The number of ether oxygens (including phenoxy) is 4. The lowest BCUT2D eigenvalue weighted by Crippen LogP contribution is -2.00. The fourth-order valence-corrected chi connectivity index (χ4v) is 1.61. The van der Waals surface area contributed by atoms with E-state index in [1.165, 1.54) is 13.2 Å². The number of carbonyl (C=O) groups excluding carboxylic acids is 1. The van der Waals surface area contributed by atoms with Crippen molar-refractivity contribution < 1.29 is 23.7 Å². The number of hydrogen-bond acceptors (Lipinski definition) is 5. The third-order valence-corrected chi connectivity index (χ3v) is 2.44. The topological polar surface area (TPSA) is 54.0 Å². The van der Waals surface area contributed by atoms with Crippen LogP contribution in [-0.2, 0) is 9.53 Å². The standard InChI is InChI=1S/C14H18O5/c1-5-19-13(15)9-6-10-11(16-2)7-8-12(17-3)14(10)18-4/h6-9H,5H2,1-4H3/b9-6+. The van der Waals surface area contributed by atoms with Crippen molar-refractivity contribution in [1.82, 2.24) is 0 Å². The molecule has 0 aliphatic heterocycles. The molecule has 0 aliphatic carbocycles. The van der Waals surface area contributed by atoms with Crippen LogP contribution < -0.4 is 14.2 Å². The maximum atomic E-state index is 11.3. The van der Waals surface area contributed by atoms with E-state index in [2.05, 4.69) is 0 Å². The molecule has 1 aromatic rings. The van der Waals surface area contributed by atoms with E-state index < -0.39 is 5.97 Å². The molecule has 0 saturated heterocycles. The van der Waals surface area contributed by atoms with Crippen molar-refractivity contribution in [3.8, 4) is 17.2 Å². The Morgan fingerprint density at radius 3 is 2.26 bits per heavy atom. The second-order valence-electron chi connectivity index (χ2n) is 3.50. The van der Waals surface area contributed by atoms with Crippen molar-refractivity contribution in [1.29, 1.82) is 0 Å². The lowest BCUT2D eigenvalue weighted by molar-refractivity contribution is -0.137. The molecule has 0 bridgehead atoms. The molecule has 0 heterocycles. The van der Waals surface area contributed by atoms with Gasteiger partial charge in [-0.15, -0.1) is 0 Å². The van der Waals surface area contributed by atoms with Gasteiger partial charge in [0.25, 0.3) is 0 Å². The summed E-state index contributed by atoms with van der Waals surface area (Å²) in [4.78, 5) is 11.3. The van der Waals surface area contributed by atoms with Crippen LogP contribution in [0.1, 0.15) is 12.5 Å². The van der Waals surface area contributed by atoms with E-state index >= 15 is 0 Å². The highest BCUT2D eigenvalue weighted by molar-refractivity contribution is 5.88. The summed E-state index contributed by atoms with van der Waals surface area (Å²) in [6.07, 6.45) is 2.90. The molecule has 0 N–H and O–H groups in total. The normalized spacial score (nSPS) is 10.3. The quantitative estimate of drug-likeness (QED) is 0.584.